The highest BCUT2D eigenvalue weighted by molar-refractivity contribution is 7.89. The predicted octanol–water partition coefficient (Wildman–Crippen LogP) is 1.48. The number of sulfonamides is 1. The summed E-state index contributed by atoms with van der Waals surface area (Å²) in [6, 6.07) is 13.0. The molecule has 0 amide bonds. The Bertz CT molecular complexity index is 894. The first-order valence-corrected chi connectivity index (χ1v) is 10.2. The third-order valence-corrected chi connectivity index (χ3v) is 5.91. The van der Waals surface area contributed by atoms with Gasteiger partial charge in [0.2, 0.25) is 10.0 Å². The Morgan fingerprint density at radius 1 is 1.04 bits per heavy atom. The zero-order valence-corrected chi connectivity index (χ0v) is 15.6. The molecule has 0 atom stereocenters. The van der Waals surface area contributed by atoms with Crippen molar-refractivity contribution < 1.29 is 13.3 Å². The van der Waals surface area contributed by atoms with E-state index >= 15 is 0 Å². The van der Waals surface area contributed by atoms with Crippen LogP contribution in [0.5, 0.6) is 0 Å². The van der Waals surface area contributed by atoms with Crippen LogP contribution in [0.4, 0.5) is 5.69 Å². The van der Waals surface area contributed by atoms with Crippen molar-refractivity contribution in [2.45, 2.75) is 18.0 Å². The van der Waals surface area contributed by atoms with Gasteiger partial charge >= 0.3 is 0 Å². The van der Waals surface area contributed by atoms with Crippen LogP contribution in [0.1, 0.15) is 11.1 Å². The minimum absolute atomic E-state index is 0.0717. The van der Waals surface area contributed by atoms with Gasteiger partial charge in [0, 0.05) is 45.3 Å². The van der Waals surface area contributed by atoms with Gasteiger partial charge in [0.25, 0.3) is 5.69 Å². The SMILES string of the molecule is O=[N+]([O-])c1ccccc1S(=O)(=O)NCc1ccc(CN2CCNCC2)cc1. The number of para-hydroxylation sites is 1. The van der Waals surface area contributed by atoms with Gasteiger partial charge in [-0.2, -0.15) is 0 Å². The van der Waals surface area contributed by atoms with E-state index in [1.165, 1.54) is 29.8 Å². The maximum absolute atomic E-state index is 12.4. The summed E-state index contributed by atoms with van der Waals surface area (Å²) in [5.74, 6) is 0. The molecule has 2 aromatic carbocycles. The minimum atomic E-state index is -3.97. The van der Waals surface area contributed by atoms with Gasteiger partial charge in [-0.1, -0.05) is 36.4 Å². The number of nitro groups is 1. The van der Waals surface area contributed by atoms with E-state index in [4.69, 9.17) is 0 Å². The quantitative estimate of drug-likeness (QED) is 0.548. The van der Waals surface area contributed by atoms with Crippen molar-refractivity contribution in [1.29, 1.82) is 0 Å². The average molecular weight is 390 g/mol. The molecule has 1 aliphatic rings. The second-order valence-electron chi connectivity index (χ2n) is 6.39. The molecule has 144 valence electrons. The smallest absolute Gasteiger partial charge is 0.289 e. The molecule has 8 nitrogen and oxygen atoms in total. The van der Waals surface area contributed by atoms with Gasteiger partial charge < -0.3 is 5.32 Å². The van der Waals surface area contributed by atoms with Gasteiger partial charge in [0.1, 0.15) is 0 Å². The molecule has 1 saturated heterocycles. The predicted molar refractivity (Wildman–Crippen MR) is 102 cm³/mol. The van der Waals surface area contributed by atoms with Crippen LogP contribution in [0.2, 0.25) is 0 Å². The van der Waals surface area contributed by atoms with Crippen LogP contribution >= 0.6 is 0 Å². The number of piperazine rings is 1. The van der Waals surface area contributed by atoms with E-state index in [9.17, 15) is 18.5 Å². The summed E-state index contributed by atoms with van der Waals surface area (Å²) in [4.78, 5) is 12.4. The topological polar surface area (TPSA) is 105 Å². The highest BCUT2D eigenvalue weighted by Gasteiger charge is 2.24. The average Bonchev–Trinajstić information content (AvgIpc) is 2.68. The third-order valence-electron chi connectivity index (χ3n) is 4.46. The van der Waals surface area contributed by atoms with Crippen LogP contribution < -0.4 is 10.0 Å². The molecule has 0 aromatic heterocycles. The van der Waals surface area contributed by atoms with Crippen molar-refractivity contribution in [3.63, 3.8) is 0 Å². The van der Waals surface area contributed by atoms with E-state index in [2.05, 4.69) is 14.9 Å². The molecule has 0 saturated carbocycles. The van der Waals surface area contributed by atoms with Gasteiger partial charge in [-0.15, -0.1) is 0 Å². The fourth-order valence-electron chi connectivity index (χ4n) is 2.98. The van der Waals surface area contributed by atoms with Crippen LogP contribution in [0, 0.1) is 10.1 Å². The van der Waals surface area contributed by atoms with Crippen molar-refractivity contribution in [2.75, 3.05) is 26.2 Å². The standard InChI is InChI=1S/C18H22N4O4S/c23-22(24)17-3-1-2-4-18(17)27(25,26)20-13-15-5-7-16(8-6-15)14-21-11-9-19-10-12-21/h1-8,19-20H,9-14H2. The molecule has 1 fully saturated rings. The molecule has 1 heterocycles. The molecule has 3 rings (SSSR count). The van der Waals surface area contributed by atoms with Gasteiger partial charge in [-0.3, -0.25) is 15.0 Å². The van der Waals surface area contributed by atoms with Gasteiger partial charge in [0.15, 0.2) is 4.90 Å². The van der Waals surface area contributed by atoms with E-state index in [-0.39, 0.29) is 11.4 Å². The lowest BCUT2D eigenvalue weighted by Gasteiger charge is -2.27. The van der Waals surface area contributed by atoms with Gasteiger partial charge in [-0.25, -0.2) is 13.1 Å². The number of rotatable bonds is 7. The monoisotopic (exact) mass is 390 g/mol. The van der Waals surface area contributed by atoms with E-state index in [1.54, 1.807) is 0 Å². The summed E-state index contributed by atoms with van der Waals surface area (Å²) in [5, 5.41) is 14.4. The summed E-state index contributed by atoms with van der Waals surface area (Å²) in [6.45, 7) is 4.94. The maximum Gasteiger partial charge on any atom is 0.289 e. The first-order chi connectivity index (χ1) is 13.0. The first kappa shape index (κ1) is 19.4. The molecule has 0 spiro atoms. The molecule has 27 heavy (non-hydrogen) atoms. The summed E-state index contributed by atoms with van der Waals surface area (Å²) in [6.07, 6.45) is 0. The van der Waals surface area contributed by atoms with Crippen LogP contribution in [0.25, 0.3) is 0 Å². The fourth-order valence-corrected chi connectivity index (χ4v) is 4.17. The van der Waals surface area contributed by atoms with E-state index < -0.39 is 20.6 Å². The molecule has 1 aliphatic heterocycles. The molecule has 2 N–H and O–H groups in total. The number of hydrogen-bond acceptors (Lipinski definition) is 6. The zero-order valence-electron chi connectivity index (χ0n) is 14.8. The summed E-state index contributed by atoms with van der Waals surface area (Å²) < 4.78 is 27.3. The first-order valence-electron chi connectivity index (χ1n) is 8.70. The highest BCUT2D eigenvalue weighted by Crippen LogP contribution is 2.22. The van der Waals surface area contributed by atoms with Crippen LogP contribution in [-0.2, 0) is 23.1 Å². The number of hydrogen-bond donors (Lipinski definition) is 2. The maximum atomic E-state index is 12.4. The minimum Gasteiger partial charge on any atom is -0.314 e. The van der Waals surface area contributed by atoms with E-state index in [1.807, 2.05) is 24.3 Å². The molecular weight excluding hydrogens is 368 g/mol. The molecule has 0 aliphatic carbocycles. The zero-order chi connectivity index (χ0) is 19.3. The second kappa shape index (κ2) is 8.57. The van der Waals surface area contributed by atoms with Crippen LogP contribution in [0.15, 0.2) is 53.4 Å². The van der Waals surface area contributed by atoms with Crippen molar-refractivity contribution in [2.24, 2.45) is 0 Å². The molecule has 0 radical (unpaired) electrons. The normalized spacial score (nSPS) is 15.6. The third kappa shape index (κ3) is 5.10. The fraction of sp³-hybridized carbons (Fsp3) is 0.333. The Labute approximate surface area is 158 Å². The Hall–Kier alpha value is -2.33. The largest absolute Gasteiger partial charge is 0.314 e. The van der Waals surface area contributed by atoms with E-state index in [0.717, 1.165) is 38.3 Å². The highest BCUT2D eigenvalue weighted by atomic mass is 32.2. The van der Waals surface area contributed by atoms with Gasteiger partial charge in [-0.05, 0) is 17.2 Å². The Balaban J connectivity index is 1.63. The molecule has 2 aromatic rings. The lowest BCUT2D eigenvalue weighted by molar-refractivity contribution is -0.387. The molecule has 0 unspecified atom stereocenters. The van der Waals surface area contributed by atoms with Crippen molar-refractivity contribution in [3.8, 4) is 0 Å². The lowest BCUT2D eigenvalue weighted by atomic mass is 10.1. The Morgan fingerprint density at radius 2 is 1.67 bits per heavy atom. The number of nitro benzene ring substituents is 1. The summed E-state index contributed by atoms with van der Waals surface area (Å²) >= 11 is 0. The molecule has 0 bridgehead atoms. The Kier molecular flexibility index (Phi) is 6.17. The van der Waals surface area contributed by atoms with Crippen molar-refractivity contribution in [1.82, 2.24) is 14.9 Å². The summed E-state index contributed by atoms with van der Waals surface area (Å²) in [7, 11) is -3.97. The van der Waals surface area contributed by atoms with Gasteiger partial charge in [0.05, 0.1) is 4.92 Å². The van der Waals surface area contributed by atoms with Crippen molar-refractivity contribution >= 4 is 15.7 Å². The Morgan fingerprint density at radius 3 is 2.33 bits per heavy atom. The van der Waals surface area contributed by atoms with Crippen LogP contribution in [0.3, 0.4) is 0 Å². The number of benzene rings is 2. The van der Waals surface area contributed by atoms with Crippen LogP contribution in [-0.4, -0.2) is 44.4 Å². The van der Waals surface area contributed by atoms with E-state index in [0.29, 0.717) is 0 Å². The summed E-state index contributed by atoms with van der Waals surface area (Å²) in [5.41, 5.74) is 1.53. The number of nitrogens with one attached hydrogen (secondary N) is 2. The van der Waals surface area contributed by atoms with Crippen molar-refractivity contribution in [3.05, 3.63) is 69.8 Å². The molecular formula is C18H22N4O4S. The second-order valence-corrected chi connectivity index (χ2v) is 8.13. The number of nitrogens with zero attached hydrogens (tertiary/aromatic N) is 2. The lowest BCUT2D eigenvalue weighted by Crippen LogP contribution is -2.42. The molecule has 9 heteroatoms.